The fourth-order valence-electron chi connectivity index (χ4n) is 1.60. The summed E-state index contributed by atoms with van der Waals surface area (Å²) in [4.78, 5) is 10.2. The summed E-state index contributed by atoms with van der Waals surface area (Å²) in [6, 6.07) is 0. The summed E-state index contributed by atoms with van der Waals surface area (Å²) in [7, 11) is 0. The average molecular weight is 232 g/mol. The first-order chi connectivity index (χ1) is 6.77. The molecule has 0 amide bonds. The van der Waals surface area contributed by atoms with Gasteiger partial charge in [0.25, 0.3) is 0 Å². The molecule has 0 aromatic carbocycles. The van der Waals surface area contributed by atoms with E-state index < -0.39 is 0 Å². The summed E-state index contributed by atoms with van der Waals surface area (Å²) in [5.41, 5.74) is 0. The molecule has 0 unspecified atom stereocenters. The van der Waals surface area contributed by atoms with Crippen LogP contribution in [0.5, 0.6) is 0 Å². The quantitative estimate of drug-likeness (QED) is 0.696. The number of anilines is 1. The molecule has 0 N–H and O–H groups in total. The minimum Gasteiger partial charge on any atom is -0.355 e. The van der Waals surface area contributed by atoms with Crippen LogP contribution in [0.2, 0.25) is 5.02 Å². The maximum atomic E-state index is 6.02. The molecular formula is C9H11Cl2N3. The van der Waals surface area contributed by atoms with E-state index in [4.69, 9.17) is 23.2 Å². The fraction of sp³-hybridized carbons (Fsp3) is 0.556. The van der Waals surface area contributed by atoms with Crippen LogP contribution in [0.3, 0.4) is 0 Å². The molecule has 1 saturated heterocycles. The molecule has 0 saturated carbocycles. The molecule has 1 aliphatic rings. The fourth-order valence-corrected chi connectivity index (χ4v) is 2.02. The van der Waals surface area contributed by atoms with Gasteiger partial charge in [0.05, 0.1) is 6.20 Å². The molecule has 14 heavy (non-hydrogen) atoms. The molecule has 0 aliphatic carbocycles. The van der Waals surface area contributed by atoms with Gasteiger partial charge in [0.15, 0.2) is 5.82 Å². The summed E-state index contributed by atoms with van der Waals surface area (Å²) >= 11 is 12.0. The molecule has 0 bridgehead atoms. The number of rotatable bonds is 1. The Labute approximate surface area is 93.1 Å². The lowest BCUT2D eigenvalue weighted by Crippen LogP contribution is -2.34. The molecular weight excluding hydrogens is 221 g/mol. The van der Waals surface area contributed by atoms with Crippen LogP contribution in [0.25, 0.3) is 0 Å². The third-order valence-electron chi connectivity index (χ3n) is 2.37. The number of halogens is 2. The highest BCUT2D eigenvalue weighted by molar-refractivity contribution is 6.32. The van der Waals surface area contributed by atoms with Gasteiger partial charge in [0.2, 0.25) is 0 Å². The van der Waals surface area contributed by atoms with Gasteiger partial charge < -0.3 is 4.90 Å². The second-order valence-electron chi connectivity index (χ2n) is 3.36. The number of alkyl halides is 1. The number of aromatic nitrogens is 2. The van der Waals surface area contributed by atoms with Crippen molar-refractivity contribution < 1.29 is 0 Å². The van der Waals surface area contributed by atoms with Crippen molar-refractivity contribution in [2.45, 2.75) is 18.2 Å². The SMILES string of the molecule is Clc1cncnc1N1CCC(Cl)CC1. The van der Waals surface area contributed by atoms with E-state index in [0.717, 1.165) is 31.7 Å². The largest absolute Gasteiger partial charge is 0.355 e. The topological polar surface area (TPSA) is 29.0 Å². The predicted molar refractivity (Wildman–Crippen MR) is 58.1 cm³/mol. The Hall–Kier alpha value is -0.540. The number of nitrogens with zero attached hydrogens (tertiary/aromatic N) is 3. The second-order valence-corrected chi connectivity index (χ2v) is 4.38. The molecule has 5 heteroatoms. The van der Waals surface area contributed by atoms with E-state index in [1.54, 1.807) is 6.20 Å². The summed E-state index contributed by atoms with van der Waals surface area (Å²) in [6.45, 7) is 1.84. The maximum absolute atomic E-state index is 6.02. The van der Waals surface area contributed by atoms with Crippen molar-refractivity contribution in [1.29, 1.82) is 0 Å². The molecule has 3 nitrogen and oxygen atoms in total. The highest BCUT2D eigenvalue weighted by atomic mass is 35.5. The summed E-state index contributed by atoms with van der Waals surface area (Å²) in [5, 5.41) is 0.910. The summed E-state index contributed by atoms with van der Waals surface area (Å²) in [5.74, 6) is 0.824. The van der Waals surface area contributed by atoms with Gasteiger partial charge in [-0.3, -0.25) is 0 Å². The third kappa shape index (κ3) is 2.10. The van der Waals surface area contributed by atoms with E-state index in [1.807, 2.05) is 0 Å². The Balaban J connectivity index is 2.12. The van der Waals surface area contributed by atoms with Gasteiger partial charge in [-0.15, -0.1) is 11.6 Å². The van der Waals surface area contributed by atoms with E-state index in [0.29, 0.717) is 10.4 Å². The zero-order chi connectivity index (χ0) is 9.97. The van der Waals surface area contributed by atoms with Crippen molar-refractivity contribution >= 4 is 29.0 Å². The molecule has 1 aromatic rings. The van der Waals surface area contributed by atoms with Crippen LogP contribution in [0.1, 0.15) is 12.8 Å². The lowest BCUT2D eigenvalue weighted by molar-refractivity contribution is 0.580. The first kappa shape index (κ1) is 9.99. The molecule has 0 radical (unpaired) electrons. The summed E-state index contributed by atoms with van der Waals surface area (Å²) < 4.78 is 0. The Morgan fingerprint density at radius 3 is 2.71 bits per heavy atom. The Morgan fingerprint density at radius 2 is 2.07 bits per heavy atom. The first-order valence-corrected chi connectivity index (χ1v) is 5.43. The van der Waals surface area contributed by atoms with Crippen molar-refractivity contribution in [2.75, 3.05) is 18.0 Å². The lowest BCUT2D eigenvalue weighted by Gasteiger charge is -2.30. The predicted octanol–water partition coefficient (Wildman–Crippen LogP) is 2.34. The summed E-state index contributed by atoms with van der Waals surface area (Å²) in [6.07, 6.45) is 5.12. The van der Waals surface area contributed by atoms with E-state index >= 15 is 0 Å². The van der Waals surface area contributed by atoms with E-state index in [-0.39, 0.29) is 0 Å². The maximum Gasteiger partial charge on any atom is 0.150 e. The van der Waals surface area contributed by atoms with Crippen molar-refractivity contribution in [2.24, 2.45) is 0 Å². The normalized spacial score (nSPS) is 18.6. The van der Waals surface area contributed by atoms with Crippen LogP contribution in [0, 0.1) is 0 Å². The van der Waals surface area contributed by atoms with Gasteiger partial charge in [0.1, 0.15) is 11.3 Å². The third-order valence-corrected chi connectivity index (χ3v) is 3.08. The van der Waals surface area contributed by atoms with Crippen LogP contribution in [0.4, 0.5) is 5.82 Å². The van der Waals surface area contributed by atoms with Crippen LogP contribution in [0.15, 0.2) is 12.5 Å². The molecule has 2 heterocycles. The molecule has 2 rings (SSSR count). The van der Waals surface area contributed by atoms with Gasteiger partial charge >= 0.3 is 0 Å². The van der Waals surface area contributed by atoms with E-state index in [2.05, 4.69) is 14.9 Å². The monoisotopic (exact) mass is 231 g/mol. The van der Waals surface area contributed by atoms with Crippen molar-refractivity contribution in [3.8, 4) is 0 Å². The van der Waals surface area contributed by atoms with E-state index in [9.17, 15) is 0 Å². The van der Waals surface area contributed by atoms with E-state index in [1.165, 1.54) is 6.33 Å². The molecule has 0 spiro atoms. The van der Waals surface area contributed by atoms with Gasteiger partial charge in [-0.2, -0.15) is 0 Å². The highest BCUT2D eigenvalue weighted by Crippen LogP contribution is 2.25. The molecule has 76 valence electrons. The lowest BCUT2D eigenvalue weighted by atomic mass is 10.1. The van der Waals surface area contributed by atoms with Crippen LogP contribution >= 0.6 is 23.2 Å². The molecule has 1 aliphatic heterocycles. The number of hydrogen-bond donors (Lipinski definition) is 0. The molecule has 0 atom stereocenters. The van der Waals surface area contributed by atoms with Crippen molar-refractivity contribution in [3.05, 3.63) is 17.5 Å². The van der Waals surface area contributed by atoms with Gasteiger partial charge in [-0.25, -0.2) is 9.97 Å². The van der Waals surface area contributed by atoms with Gasteiger partial charge in [0, 0.05) is 18.5 Å². The van der Waals surface area contributed by atoms with Gasteiger partial charge in [-0.1, -0.05) is 11.6 Å². The number of hydrogen-bond acceptors (Lipinski definition) is 3. The van der Waals surface area contributed by atoms with Crippen LogP contribution < -0.4 is 4.90 Å². The Bertz CT molecular complexity index is 311. The zero-order valence-corrected chi connectivity index (χ0v) is 9.17. The molecule has 1 fully saturated rings. The second kappa shape index (κ2) is 4.32. The zero-order valence-electron chi connectivity index (χ0n) is 7.66. The molecule has 1 aromatic heterocycles. The smallest absolute Gasteiger partial charge is 0.150 e. The minimum absolute atomic E-state index is 0.298. The Kier molecular flexibility index (Phi) is 3.08. The number of piperidine rings is 1. The van der Waals surface area contributed by atoms with Crippen LogP contribution in [-0.2, 0) is 0 Å². The highest BCUT2D eigenvalue weighted by Gasteiger charge is 2.19. The standard InChI is InChI=1S/C9H11Cl2N3/c10-7-1-3-14(4-2-7)9-8(11)5-12-6-13-9/h5-7H,1-4H2. The van der Waals surface area contributed by atoms with Crippen LogP contribution in [-0.4, -0.2) is 28.4 Å². The average Bonchev–Trinajstić information content (AvgIpc) is 2.20. The first-order valence-electron chi connectivity index (χ1n) is 4.62. The Morgan fingerprint density at radius 1 is 1.36 bits per heavy atom. The van der Waals surface area contributed by atoms with Gasteiger partial charge in [-0.05, 0) is 12.8 Å². The van der Waals surface area contributed by atoms with Crippen molar-refractivity contribution in [1.82, 2.24) is 9.97 Å². The van der Waals surface area contributed by atoms with Crippen molar-refractivity contribution in [3.63, 3.8) is 0 Å². The minimum atomic E-state index is 0.298.